The van der Waals surface area contributed by atoms with Crippen LogP contribution >= 0.6 is 11.6 Å². The van der Waals surface area contributed by atoms with E-state index in [1.54, 1.807) is 7.11 Å². The van der Waals surface area contributed by atoms with Crippen molar-refractivity contribution in [2.24, 2.45) is 0 Å². The summed E-state index contributed by atoms with van der Waals surface area (Å²) in [5, 5.41) is 12.7. The van der Waals surface area contributed by atoms with E-state index >= 15 is 0 Å². The van der Waals surface area contributed by atoms with E-state index < -0.39 is 0 Å². The maximum absolute atomic E-state index is 8.79. The molecule has 0 spiro atoms. The lowest BCUT2D eigenvalue weighted by atomic mass is 10.1. The van der Waals surface area contributed by atoms with Crippen molar-refractivity contribution in [3.05, 3.63) is 22.7 Å². The van der Waals surface area contributed by atoms with Gasteiger partial charge in [0.2, 0.25) is 0 Å². The van der Waals surface area contributed by atoms with Gasteiger partial charge in [0.15, 0.2) is 11.5 Å². The van der Waals surface area contributed by atoms with Crippen LogP contribution in [0.25, 0.3) is 0 Å². The molecule has 0 radical (unpaired) electrons. The highest BCUT2D eigenvalue weighted by atomic mass is 35.5. The summed E-state index contributed by atoms with van der Waals surface area (Å²) in [7, 11) is 1.57. The van der Waals surface area contributed by atoms with Gasteiger partial charge in [0.25, 0.3) is 0 Å². The minimum absolute atomic E-state index is 0.0335. The number of hydrogen-bond donors (Lipinski definition) is 2. The van der Waals surface area contributed by atoms with E-state index in [1.165, 1.54) is 0 Å². The predicted molar refractivity (Wildman–Crippen MR) is 77.2 cm³/mol. The molecule has 0 fully saturated rings. The highest BCUT2D eigenvalue weighted by Gasteiger charge is 2.14. The molecule has 4 nitrogen and oxygen atoms in total. The smallest absolute Gasteiger partial charge is 0.179 e. The van der Waals surface area contributed by atoms with Gasteiger partial charge in [0, 0.05) is 12.1 Å². The van der Waals surface area contributed by atoms with Gasteiger partial charge < -0.3 is 19.9 Å². The lowest BCUT2D eigenvalue weighted by Crippen LogP contribution is -2.35. The number of ether oxygens (including phenoxy) is 2. The Morgan fingerprint density at radius 3 is 2.53 bits per heavy atom. The fraction of sp³-hybridized carbons (Fsp3) is 0.571. The fourth-order valence-corrected chi connectivity index (χ4v) is 1.82. The lowest BCUT2D eigenvalue weighted by molar-refractivity contribution is 0.196. The SMILES string of the molecule is COc1cc(CNC(C)(C)C)cc(Cl)c1OCCO. The lowest BCUT2D eigenvalue weighted by Gasteiger charge is -2.21. The summed E-state index contributed by atoms with van der Waals surface area (Å²) in [6, 6.07) is 3.73. The summed E-state index contributed by atoms with van der Waals surface area (Å²) < 4.78 is 10.7. The topological polar surface area (TPSA) is 50.7 Å². The Hall–Kier alpha value is -0.970. The average Bonchev–Trinajstić information content (AvgIpc) is 2.33. The monoisotopic (exact) mass is 287 g/mol. The van der Waals surface area contributed by atoms with Gasteiger partial charge >= 0.3 is 0 Å². The highest BCUT2D eigenvalue weighted by Crippen LogP contribution is 2.36. The summed E-state index contributed by atoms with van der Waals surface area (Å²) in [6.07, 6.45) is 0. The minimum Gasteiger partial charge on any atom is -0.493 e. The third-order valence-electron chi connectivity index (χ3n) is 2.45. The maximum Gasteiger partial charge on any atom is 0.179 e. The molecule has 19 heavy (non-hydrogen) atoms. The van der Waals surface area contributed by atoms with Crippen LogP contribution in [0.15, 0.2) is 12.1 Å². The van der Waals surface area contributed by atoms with Crippen LogP contribution < -0.4 is 14.8 Å². The minimum atomic E-state index is -0.0627. The molecule has 0 atom stereocenters. The molecule has 0 amide bonds. The molecule has 1 aromatic rings. The summed E-state index contributed by atoms with van der Waals surface area (Å²) in [5.74, 6) is 1.05. The number of aliphatic hydroxyl groups is 1. The van der Waals surface area contributed by atoms with Crippen molar-refractivity contribution < 1.29 is 14.6 Å². The van der Waals surface area contributed by atoms with E-state index in [4.69, 9.17) is 26.2 Å². The Bertz CT molecular complexity index is 416. The second-order valence-electron chi connectivity index (χ2n) is 5.28. The Labute approximate surface area is 119 Å². The Morgan fingerprint density at radius 1 is 1.32 bits per heavy atom. The summed E-state index contributed by atoms with van der Waals surface area (Å²) >= 11 is 6.18. The average molecular weight is 288 g/mol. The number of benzene rings is 1. The fourth-order valence-electron chi connectivity index (χ4n) is 1.53. The maximum atomic E-state index is 8.79. The van der Waals surface area contributed by atoms with Gasteiger partial charge in [-0.3, -0.25) is 0 Å². The summed E-state index contributed by atoms with van der Waals surface area (Å²) in [5.41, 5.74) is 1.05. The van der Waals surface area contributed by atoms with Gasteiger partial charge in [-0.2, -0.15) is 0 Å². The van der Waals surface area contributed by atoms with Crippen molar-refractivity contribution in [2.45, 2.75) is 32.9 Å². The van der Waals surface area contributed by atoms with Crippen molar-refractivity contribution in [3.8, 4) is 11.5 Å². The number of nitrogens with one attached hydrogen (secondary N) is 1. The summed E-state index contributed by atoms with van der Waals surface area (Å²) in [6.45, 7) is 7.13. The Kier molecular flexibility index (Phi) is 5.91. The van der Waals surface area contributed by atoms with Crippen molar-refractivity contribution >= 4 is 11.6 Å². The third kappa shape index (κ3) is 5.27. The first-order chi connectivity index (χ1) is 8.87. The first-order valence-electron chi connectivity index (χ1n) is 6.22. The summed E-state index contributed by atoms with van der Waals surface area (Å²) in [4.78, 5) is 0. The predicted octanol–water partition coefficient (Wildman–Crippen LogP) is 2.61. The molecule has 0 bridgehead atoms. The quantitative estimate of drug-likeness (QED) is 0.844. The van der Waals surface area contributed by atoms with Crippen LogP contribution in [0.2, 0.25) is 5.02 Å². The van der Waals surface area contributed by atoms with Gasteiger partial charge in [-0.15, -0.1) is 0 Å². The van der Waals surface area contributed by atoms with Gasteiger partial charge in [-0.25, -0.2) is 0 Å². The molecule has 0 aliphatic carbocycles. The third-order valence-corrected chi connectivity index (χ3v) is 2.73. The molecule has 0 aliphatic heterocycles. The Balaban J connectivity index is 2.89. The molecule has 0 saturated heterocycles. The van der Waals surface area contributed by atoms with Crippen LogP contribution in [0.3, 0.4) is 0 Å². The number of aliphatic hydroxyl groups excluding tert-OH is 1. The van der Waals surface area contributed by atoms with Crippen LogP contribution in [0.1, 0.15) is 26.3 Å². The van der Waals surface area contributed by atoms with Crippen molar-refractivity contribution in [3.63, 3.8) is 0 Å². The molecule has 2 N–H and O–H groups in total. The van der Waals surface area contributed by atoms with Crippen molar-refractivity contribution in [2.75, 3.05) is 20.3 Å². The zero-order chi connectivity index (χ0) is 14.5. The first kappa shape index (κ1) is 16.1. The molecular formula is C14H22ClNO3. The van der Waals surface area contributed by atoms with Crippen LogP contribution in [0, 0.1) is 0 Å². The number of halogens is 1. The van der Waals surface area contributed by atoms with Crippen LogP contribution in [-0.2, 0) is 6.54 Å². The van der Waals surface area contributed by atoms with E-state index in [0.717, 1.165) is 5.56 Å². The number of hydrogen-bond acceptors (Lipinski definition) is 4. The molecular weight excluding hydrogens is 266 g/mol. The molecule has 0 unspecified atom stereocenters. The van der Waals surface area contributed by atoms with Gasteiger partial charge in [-0.1, -0.05) is 11.6 Å². The molecule has 0 saturated carbocycles. The van der Waals surface area contributed by atoms with Crippen LogP contribution in [-0.4, -0.2) is 31.0 Å². The zero-order valence-corrected chi connectivity index (χ0v) is 12.7. The molecule has 0 aliphatic rings. The standard InChI is InChI=1S/C14H22ClNO3/c1-14(2,3)16-9-10-7-11(15)13(19-6-5-17)12(8-10)18-4/h7-8,16-17H,5-6,9H2,1-4H3. The van der Waals surface area contributed by atoms with Crippen molar-refractivity contribution in [1.82, 2.24) is 5.32 Å². The van der Waals surface area contributed by atoms with Crippen molar-refractivity contribution in [1.29, 1.82) is 0 Å². The van der Waals surface area contributed by atoms with E-state index in [0.29, 0.717) is 23.1 Å². The van der Waals surface area contributed by atoms with Gasteiger partial charge in [0.05, 0.1) is 18.7 Å². The highest BCUT2D eigenvalue weighted by molar-refractivity contribution is 6.32. The van der Waals surface area contributed by atoms with Crippen LogP contribution in [0.4, 0.5) is 0 Å². The number of rotatable bonds is 6. The largest absolute Gasteiger partial charge is 0.493 e. The molecule has 1 rings (SSSR count). The Morgan fingerprint density at radius 2 is 2.00 bits per heavy atom. The second-order valence-corrected chi connectivity index (χ2v) is 5.69. The van der Waals surface area contributed by atoms with Gasteiger partial charge in [0.1, 0.15) is 6.61 Å². The van der Waals surface area contributed by atoms with E-state index in [2.05, 4.69) is 26.1 Å². The molecule has 1 aromatic carbocycles. The van der Waals surface area contributed by atoms with E-state index in [9.17, 15) is 0 Å². The van der Waals surface area contributed by atoms with Crippen LogP contribution in [0.5, 0.6) is 11.5 Å². The van der Waals surface area contributed by atoms with E-state index in [-0.39, 0.29) is 18.8 Å². The number of methoxy groups -OCH3 is 1. The van der Waals surface area contributed by atoms with Gasteiger partial charge in [-0.05, 0) is 38.5 Å². The van der Waals surface area contributed by atoms with E-state index in [1.807, 2.05) is 12.1 Å². The molecule has 108 valence electrons. The normalized spacial score (nSPS) is 11.5. The second kappa shape index (κ2) is 6.98. The first-order valence-corrected chi connectivity index (χ1v) is 6.60. The zero-order valence-electron chi connectivity index (χ0n) is 11.9. The molecule has 0 aromatic heterocycles. The molecule has 0 heterocycles. The molecule has 5 heteroatoms.